The second-order valence-electron chi connectivity index (χ2n) is 3.64. The van der Waals surface area contributed by atoms with Crippen LogP contribution < -0.4 is 5.32 Å². The summed E-state index contributed by atoms with van der Waals surface area (Å²) >= 11 is 5.93. The minimum atomic E-state index is -0.330. The fourth-order valence-corrected chi connectivity index (χ4v) is 1.75. The third-order valence-corrected chi connectivity index (χ3v) is 2.68. The molecular weight excluding hydrogens is 243 g/mol. The van der Waals surface area contributed by atoms with Crippen LogP contribution in [-0.2, 0) is 13.1 Å². The molecule has 0 atom stereocenters. The molecule has 0 fully saturated rings. The van der Waals surface area contributed by atoms with E-state index in [1.807, 2.05) is 7.05 Å². The van der Waals surface area contributed by atoms with Gasteiger partial charge in [0.05, 0.1) is 18.4 Å². The Balaban J connectivity index is 2.19. The highest BCUT2D eigenvalue weighted by molar-refractivity contribution is 6.31. The van der Waals surface area contributed by atoms with Gasteiger partial charge in [-0.25, -0.2) is 9.07 Å². The van der Waals surface area contributed by atoms with Crippen molar-refractivity contribution in [2.24, 2.45) is 0 Å². The van der Waals surface area contributed by atoms with Crippen LogP contribution in [0.15, 0.2) is 24.4 Å². The molecule has 0 saturated carbocycles. The summed E-state index contributed by atoms with van der Waals surface area (Å²) in [6.07, 6.45) is 1.76. The molecule has 2 aromatic rings. The first-order valence-electron chi connectivity index (χ1n) is 5.17. The number of nitrogens with zero attached hydrogens (tertiary/aromatic N) is 3. The molecular formula is C11H12ClFN4. The largest absolute Gasteiger partial charge is 0.314 e. The molecule has 0 radical (unpaired) electrons. The van der Waals surface area contributed by atoms with Gasteiger partial charge in [0.25, 0.3) is 0 Å². The van der Waals surface area contributed by atoms with Gasteiger partial charge in [-0.05, 0) is 19.2 Å². The Morgan fingerprint density at radius 3 is 3.00 bits per heavy atom. The Kier molecular flexibility index (Phi) is 3.71. The SMILES string of the molecule is CNCc1cn(Cc2c(F)cccc2Cl)nn1. The summed E-state index contributed by atoms with van der Waals surface area (Å²) in [7, 11) is 1.83. The molecule has 6 heteroatoms. The van der Waals surface area contributed by atoms with E-state index in [9.17, 15) is 4.39 Å². The van der Waals surface area contributed by atoms with E-state index in [0.717, 1.165) is 5.69 Å². The summed E-state index contributed by atoms with van der Waals surface area (Å²) in [4.78, 5) is 0. The van der Waals surface area contributed by atoms with Crippen molar-refractivity contribution in [2.45, 2.75) is 13.1 Å². The highest BCUT2D eigenvalue weighted by Crippen LogP contribution is 2.19. The van der Waals surface area contributed by atoms with Crippen molar-refractivity contribution in [1.82, 2.24) is 20.3 Å². The van der Waals surface area contributed by atoms with Gasteiger partial charge in [-0.2, -0.15) is 0 Å². The number of benzene rings is 1. The minimum absolute atomic E-state index is 0.280. The third kappa shape index (κ3) is 2.81. The second-order valence-corrected chi connectivity index (χ2v) is 4.05. The normalized spacial score (nSPS) is 10.8. The van der Waals surface area contributed by atoms with Gasteiger partial charge in [-0.3, -0.25) is 0 Å². The van der Waals surface area contributed by atoms with E-state index in [0.29, 0.717) is 17.1 Å². The van der Waals surface area contributed by atoms with E-state index in [-0.39, 0.29) is 12.4 Å². The second kappa shape index (κ2) is 5.25. The van der Waals surface area contributed by atoms with Crippen molar-refractivity contribution in [3.63, 3.8) is 0 Å². The third-order valence-electron chi connectivity index (χ3n) is 2.33. The Morgan fingerprint density at radius 2 is 2.29 bits per heavy atom. The van der Waals surface area contributed by atoms with Crippen molar-refractivity contribution >= 4 is 11.6 Å². The van der Waals surface area contributed by atoms with Crippen LogP contribution in [0.5, 0.6) is 0 Å². The van der Waals surface area contributed by atoms with Gasteiger partial charge in [0, 0.05) is 17.1 Å². The standard InChI is InChI=1S/C11H12ClFN4/c1-14-5-8-6-17(16-15-8)7-9-10(12)3-2-4-11(9)13/h2-4,6,14H,5,7H2,1H3. The van der Waals surface area contributed by atoms with E-state index in [1.165, 1.54) is 6.07 Å². The number of hydrogen-bond donors (Lipinski definition) is 1. The first kappa shape index (κ1) is 12.0. The van der Waals surface area contributed by atoms with Crippen LogP contribution in [0.25, 0.3) is 0 Å². The average molecular weight is 255 g/mol. The zero-order chi connectivity index (χ0) is 12.3. The van der Waals surface area contributed by atoms with E-state index in [4.69, 9.17) is 11.6 Å². The molecule has 0 aliphatic heterocycles. The van der Waals surface area contributed by atoms with Gasteiger partial charge in [0.1, 0.15) is 5.82 Å². The lowest BCUT2D eigenvalue weighted by atomic mass is 10.2. The minimum Gasteiger partial charge on any atom is -0.314 e. The number of halogens is 2. The summed E-state index contributed by atoms with van der Waals surface area (Å²) in [5, 5.41) is 11.2. The van der Waals surface area contributed by atoms with Crippen LogP contribution in [0.1, 0.15) is 11.3 Å². The first-order valence-corrected chi connectivity index (χ1v) is 5.55. The fraction of sp³-hybridized carbons (Fsp3) is 0.273. The lowest BCUT2D eigenvalue weighted by Gasteiger charge is -2.04. The highest BCUT2D eigenvalue weighted by atomic mass is 35.5. The van der Waals surface area contributed by atoms with E-state index < -0.39 is 0 Å². The molecule has 1 aromatic heterocycles. The smallest absolute Gasteiger partial charge is 0.129 e. The molecule has 0 amide bonds. The van der Waals surface area contributed by atoms with Crippen LogP contribution >= 0.6 is 11.6 Å². The van der Waals surface area contributed by atoms with Crippen LogP contribution in [0.2, 0.25) is 5.02 Å². The van der Waals surface area contributed by atoms with Gasteiger partial charge in [-0.15, -0.1) is 5.10 Å². The monoisotopic (exact) mass is 254 g/mol. The maximum atomic E-state index is 13.5. The van der Waals surface area contributed by atoms with E-state index >= 15 is 0 Å². The molecule has 0 saturated heterocycles. The molecule has 0 aliphatic rings. The molecule has 4 nitrogen and oxygen atoms in total. The Bertz CT molecular complexity index is 492. The number of rotatable bonds is 4. The molecule has 0 unspecified atom stereocenters. The van der Waals surface area contributed by atoms with E-state index in [1.54, 1.807) is 23.0 Å². The van der Waals surface area contributed by atoms with Gasteiger partial charge in [0.15, 0.2) is 0 Å². The Morgan fingerprint density at radius 1 is 1.47 bits per heavy atom. The average Bonchev–Trinajstić information content (AvgIpc) is 2.72. The highest BCUT2D eigenvalue weighted by Gasteiger charge is 2.08. The lowest BCUT2D eigenvalue weighted by Crippen LogP contribution is -2.05. The Labute approximate surface area is 103 Å². The summed E-state index contributed by atoms with van der Waals surface area (Å²) in [6, 6.07) is 4.62. The summed E-state index contributed by atoms with van der Waals surface area (Å²) in [5.74, 6) is -0.330. The molecule has 90 valence electrons. The lowest BCUT2D eigenvalue weighted by molar-refractivity contribution is 0.577. The number of hydrogen-bond acceptors (Lipinski definition) is 3. The molecule has 17 heavy (non-hydrogen) atoms. The molecule has 2 rings (SSSR count). The van der Waals surface area contributed by atoms with Gasteiger partial charge in [-0.1, -0.05) is 22.9 Å². The summed E-state index contributed by atoms with van der Waals surface area (Å²) < 4.78 is 15.1. The van der Waals surface area contributed by atoms with Crippen molar-refractivity contribution in [3.8, 4) is 0 Å². The summed E-state index contributed by atoms with van der Waals surface area (Å²) in [6.45, 7) is 0.910. The Hall–Kier alpha value is -1.46. The van der Waals surface area contributed by atoms with Crippen LogP contribution in [0.4, 0.5) is 4.39 Å². The molecule has 0 bridgehead atoms. The van der Waals surface area contributed by atoms with Crippen molar-refractivity contribution in [2.75, 3.05) is 7.05 Å². The van der Waals surface area contributed by atoms with Crippen molar-refractivity contribution < 1.29 is 4.39 Å². The molecule has 0 aliphatic carbocycles. The predicted octanol–water partition coefficient (Wildman–Crippen LogP) is 1.84. The molecule has 1 heterocycles. The van der Waals surface area contributed by atoms with Gasteiger partial charge in [0.2, 0.25) is 0 Å². The van der Waals surface area contributed by atoms with Crippen LogP contribution in [0.3, 0.4) is 0 Å². The fourth-order valence-electron chi connectivity index (χ4n) is 1.52. The topological polar surface area (TPSA) is 42.7 Å². The van der Waals surface area contributed by atoms with E-state index in [2.05, 4.69) is 15.6 Å². The molecule has 1 N–H and O–H groups in total. The first-order chi connectivity index (χ1) is 8.20. The predicted molar refractivity (Wildman–Crippen MR) is 63.3 cm³/mol. The van der Waals surface area contributed by atoms with Crippen LogP contribution in [-0.4, -0.2) is 22.0 Å². The zero-order valence-electron chi connectivity index (χ0n) is 9.32. The zero-order valence-corrected chi connectivity index (χ0v) is 10.1. The van der Waals surface area contributed by atoms with Crippen molar-refractivity contribution in [1.29, 1.82) is 0 Å². The number of aromatic nitrogens is 3. The van der Waals surface area contributed by atoms with Gasteiger partial charge < -0.3 is 5.32 Å². The maximum Gasteiger partial charge on any atom is 0.129 e. The maximum absolute atomic E-state index is 13.5. The van der Waals surface area contributed by atoms with Crippen molar-refractivity contribution in [3.05, 3.63) is 46.5 Å². The molecule has 1 aromatic carbocycles. The number of nitrogens with one attached hydrogen (secondary N) is 1. The quantitative estimate of drug-likeness (QED) is 0.905. The van der Waals surface area contributed by atoms with Gasteiger partial charge >= 0.3 is 0 Å². The van der Waals surface area contributed by atoms with Crippen LogP contribution in [0, 0.1) is 5.82 Å². The molecule has 0 spiro atoms. The summed E-state index contributed by atoms with van der Waals surface area (Å²) in [5.41, 5.74) is 1.23.